The summed E-state index contributed by atoms with van der Waals surface area (Å²) in [7, 11) is 7.50. The minimum atomic E-state index is 0. The van der Waals surface area contributed by atoms with Gasteiger partial charge in [-0.2, -0.15) is 12.1 Å². The molecule has 4 rings (SSSR count). The zero-order valence-electron chi connectivity index (χ0n) is 19.9. The van der Waals surface area contributed by atoms with E-state index in [-0.39, 0.29) is 14.9 Å². The maximum atomic E-state index is 3.06. The van der Waals surface area contributed by atoms with Crippen LogP contribution in [0.3, 0.4) is 0 Å². The van der Waals surface area contributed by atoms with Crippen molar-refractivity contribution in [3.63, 3.8) is 0 Å². The van der Waals surface area contributed by atoms with E-state index in [0.29, 0.717) is 0 Å². The summed E-state index contributed by atoms with van der Waals surface area (Å²) < 4.78 is 0. The Labute approximate surface area is 202 Å². The van der Waals surface area contributed by atoms with Crippen LogP contribution in [0.15, 0.2) is 72.8 Å². The van der Waals surface area contributed by atoms with Crippen molar-refractivity contribution in [2.24, 2.45) is 0 Å². The molecule has 30 heavy (non-hydrogen) atoms. The number of fused-ring (bicyclic) bond motifs is 2. The summed E-state index contributed by atoms with van der Waals surface area (Å²) in [5.41, 5.74) is 2.70. The topological polar surface area (TPSA) is 24.1 Å². The van der Waals surface area contributed by atoms with Crippen molar-refractivity contribution in [3.8, 4) is 0 Å². The molecule has 2 nitrogen and oxygen atoms in total. The summed E-state index contributed by atoms with van der Waals surface area (Å²) in [6.45, 7) is 7.31. The number of hydrogen-bond donors (Lipinski definition) is 2. The number of aryl methyl sites for hydroxylation is 2. The van der Waals surface area contributed by atoms with Gasteiger partial charge >= 0.3 is 30.2 Å². The van der Waals surface area contributed by atoms with Gasteiger partial charge in [0.1, 0.15) is 0 Å². The molecule has 0 saturated heterocycles. The molecular formula is C26H38N2SiZr-4. The van der Waals surface area contributed by atoms with E-state index in [4.69, 9.17) is 0 Å². The van der Waals surface area contributed by atoms with Crippen molar-refractivity contribution >= 4 is 28.4 Å². The van der Waals surface area contributed by atoms with Gasteiger partial charge in [0.2, 0.25) is 0 Å². The summed E-state index contributed by atoms with van der Waals surface area (Å²) in [6.07, 6.45) is 0. The third-order valence-corrected chi connectivity index (χ3v) is 3.52. The second-order valence-corrected chi connectivity index (χ2v) is 6.32. The van der Waals surface area contributed by atoms with E-state index in [1.54, 1.807) is 0 Å². The van der Waals surface area contributed by atoms with E-state index >= 15 is 0 Å². The Morgan fingerprint density at radius 2 is 0.900 bits per heavy atom. The molecule has 4 aromatic carbocycles. The van der Waals surface area contributed by atoms with Gasteiger partial charge in [-0.1, -0.05) is 26.0 Å². The molecule has 2 N–H and O–H groups in total. The molecule has 0 heterocycles. The third kappa shape index (κ3) is 13.1. The van der Waals surface area contributed by atoms with Crippen LogP contribution in [0, 0.1) is 28.7 Å². The van der Waals surface area contributed by atoms with E-state index in [1.165, 1.54) is 56.0 Å². The summed E-state index contributed by atoms with van der Waals surface area (Å²) in [5, 5.41) is 10.9. The van der Waals surface area contributed by atoms with Crippen LogP contribution in [0.25, 0.3) is 21.5 Å². The van der Waals surface area contributed by atoms with Gasteiger partial charge in [-0.15, -0.1) is 81.2 Å². The molecule has 0 fully saturated rings. The predicted molar refractivity (Wildman–Crippen MR) is 137 cm³/mol. The van der Waals surface area contributed by atoms with Crippen LogP contribution in [0.4, 0.5) is 0 Å². The summed E-state index contributed by atoms with van der Waals surface area (Å²) in [5.74, 6) is 0. The fraction of sp³-hybridized carbons (Fsp3) is 0.231. The fourth-order valence-electron chi connectivity index (χ4n) is 2.61. The first-order chi connectivity index (χ1) is 13.5. The van der Waals surface area contributed by atoms with E-state index in [0.717, 1.165) is 0 Å². The summed E-state index contributed by atoms with van der Waals surface area (Å²) in [6, 6.07) is 25.7. The molecule has 0 spiro atoms. The molecule has 164 valence electrons. The monoisotopic (exact) mass is 496 g/mol. The number of hydrogen-bond acceptors (Lipinski definition) is 2. The van der Waals surface area contributed by atoms with Crippen molar-refractivity contribution < 1.29 is 23.3 Å². The summed E-state index contributed by atoms with van der Waals surface area (Å²) in [4.78, 5) is 0. The van der Waals surface area contributed by atoms with E-state index < -0.39 is 0 Å². The molecule has 4 aromatic rings. The minimum absolute atomic E-state index is 0. The molecule has 0 unspecified atom stereocenters. The molecular weight excluding hydrogens is 460 g/mol. The van der Waals surface area contributed by atoms with Crippen molar-refractivity contribution in [2.45, 2.75) is 13.8 Å². The van der Waals surface area contributed by atoms with Crippen LogP contribution in [0.2, 0.25) is 0 Å². The molecule has 4 heteroatoms. The van der Waals surface area contributed by atoms with Crippen LogP contribution < -0.4 is 10.6 Å². The quantitative estimate of drug-likeness (QED) is 0.233. The standard InChI is InChI=1S/2C10H9.2C2H7N.2CH3.Si.Zr/c2*1-8-6-9-4-2-3-5-10(9)7-8;2*1-3-2;;;;/h2*2-7H,1H3;2*3H,1-2H3;2*1H3;;/q2*-1;;;2*-1;;. The van der Waals surface area contributed by atoms with Gasteiger partial charge < -0.3 is 25.5 Å². The van der Waals surface area contributed by atoms with Crippen molar-refractivity contribution in [2.75, 3.05) is 28.2 Å². The molecule has 0 bridgehead atoms. The molecule has 2 radical (unpaired) electrons. The van der Waals surface area contributed by atoms with E-state index in [1.807, 2.05) is 28.2 Å². The van der Waals surface area contributed by atoms with Crippen LogP contribution in [0.1, 0.15) is 11.1 Å². The fourth-order valence-corrected chi connectivity index (χ4v) is 2.61. The first kappa shape index (κ1) is 33.3. The molecule has 0 amide bonds. The maximum absolute atomic E-state index is 3.06. The first-order valence-corrected chi connectivity index (χ1v) is 13.4. The molecule has 0 aromatic heterocycles. The first-order valence-electron chi connectivity index (χ1n) is 9.21. The molecule has 0 aliphatic carbocycles. The van der Waals surface area contributed by atoms with Crippen LogP contribution in [-0.2, 0) is 23.3 Å². The molecule has 0 saturated carbocycles. The van der Waals surface area contributed by atoms with Crippen molar-refractivity contribution in [1.29, 1.82) is 0 Å². The number of nitrogens with one attached hydrogen (secondary N) is 2. The van der Waals surface area contributed by atoms with Crippen LogP contribution >= 0.6 is 0 Å². The second kappa shape index (κ2) is 20.9. The van der Waals surface area contributed by atoms with Crippen LogP contribution in [0.5, 0.6) is 0 Å². The van der Waals surface area contributed by atoms with Gasteiger partial charge in [0, 0.05) is 0 Å². The second-order valence-electron chi connectivity index (χ2n) is 6.32. The molecule has 0 aliphatic heterocycles. The predicted octanol–water partition coefficient (Wildman–Crippen LogP) is 5.92. The van der Waals surface area contributed by atoms with Gasteiger partial charge in [0.25, 0.3) is 0 Å². The SMILES string of the molecule is CNC.CNC.Cc1cc2ccccc2[cH-]1.Cc1cc2ccccc2[cH-]1.[CH3-].[CH3-].[Si]=[Zr]. The average molecular weight is 498 g/mol. The average Bonchev–Trinajstić information content (AvgIpc) is 3.25. The number of benzene rings is 2. The Bertz CT molecular complexity index is 756. The Morgan fingerprint density at radius 3 is 1.17 bits per heavy atom. The molecule has 0 atom stereocenters. The Kier molecular flexibility index (Phi) is 23.3. The zero-order valence-corrected chi connectivity index (χ0v) is 23.4. The normalized spacial score (nSPS) is 8.30. The Balaban J connectivity index is -0.000000347. The van der Waals surface area contributed by atoms with Crippen molar-refractivity contribution in [1.82, 2.24) is 10.6 Å². The van der Waals surface area contributed by atoms with E-state index in [9.17, 15) is 0 Å². The van der Waals surface area contributed by atoms with Gasteiger partial charge in [0.05, 0.1) is 0 Å². The van der Waals surface area contributed by atoms with Gasteiger partial charge in [0.15, 0.2) is 0 Å². The Morgan fingerprint density at radius 1 is 0.633 bits per heavy atom. The zero-order chi connectivity index (χ0) is 21.4. The van der Waals surface area contributed by atoms with Crippen LogP contribution in [-0.4, -0.2) is 35.1 Å². The van der Waals surface area contributed by atoms with Gasteiger partial charge in [-0.3, -0.25) is 0 Å². The van der Waals surface area contributed by atoms with Gasteiger partial charge in [-0.25, -0.2) is 0 Å². The Hall–Kier alpha value is -1.32. The van der Waals surface area contributed by atoms with Gasteiger partial charge in [-0.05, 0) is 28.2 Å². The van der Waals surface area contributed by atoms with Crippen molar-refractivity contribution in [3.05, 3.63) is 98.8 Å². The molecule has 0 aliphatic rings. The van der Waals surface area contributed by atoms with E-state index in [2.05, 4.69) is 104 Å². The third-order valence-electron chi connectivity index (χ3n) is 3.52. The summed E-state index contributed by atoms with van der Waals surface area (Å²) >= 11 is 1.36. The number of rotatable bonds is 0.